The van der Waals surface area contributed by atoms with Crippen molar-refractivity contribution in [2.45, 2.75) is 64.3 Å². The number of benzene rings is 2. The molecule has 0 bridgehead atoms. The van der Waals surface area contributed by atoms with Gasteiger partial charge in [-0.3, -0.25) is 15.0 Å². The molecule has 1 heterocycles. The molecule has 14 heteroatoms. The number of rotatable bonds is 6. The van der Waals surface area contributed by atoms with Crippen LogP contribution in [0.4, 0.5) is 35.5 Å². The van der Waals surface area contributed by atoms with Gasteiger partial charge in [0.2, 0.25) is 0 Å². The quantitative estimate of drug-likeness (QED) is 0.343. The van der Waals surface area contributed by atoms with Gasteiger partial charge in [-0.25, -0.2) is 27.4 Å². The zero-order chi connectivity index (χ0) is 29.9. The number of amides is 4. The van der Waals surface area contributed by atoms with Crippen molar-refractivity contribution in [3.63, 3.8) is 0 Å². The van der Waals surface area contributed by atoms with Crippen molar-refractivity contribution in [2.75, 3.05) is 6.54 Å². The maximum atomic E-state index is 15.0. The van der Waals surface area contributed by atoms with Gasteiger partial charge in [0.1, 0.15) is 18.2 Å². The SMILES string of the molecule is CC(NC(=O)N(CC(F)F)NC(=O)c1cc(F)cc(C(F)(F)F)c1)c1ccc(C(=O)N2[C@H](C)CC[C@@H]2C)cc1F. The second-order valence-corrected chi connectivity index (χ2v) is 9.56. The maximum Gasteiger partial charge on any atom is 0.416 e. The molecule has 218 valence electrons. The number of alkyl halides is 5. The Labute approximate surface area is 225 Å². The Bertz CT molecular complexity index is 1260. The zero-order valence-corrected chi connectivity index (χ0v) is 21.7. The van der Waals surface area contributed by atoms with Crippen molar-refractivity contribution < 1.29 is 45.1 Å². The van der Waals surface area contributed by atoms with Gasteiger partial charge in [-0.05, 0) is 63.9 Å². The molecule has 1 unspecified atom stereocenters. The normalized spacial score (nSPS) is 18.0. The Hall–Kier alpha value is -3.84. The average Bonchev–Trinajstić information content (AvgIpc) is 3.19. The predicted octanol–water partition coefficient (Wildman–Crippen LogP) is 5.68. The van der Waals surface area contributed by atoms with Gasteiger partial charge in [0.25, 0.3) is 18.2 Å². The first-order chi connectivity index (χ1) is 18.6. The highest BCUT2D eigenvalue weighted by atomic mass is 19.4. The molecule has 3 atom stereocenters. The lowest BCUT2D eigenvalue weighted by Crippen LogP contribution is -2.53. The minimum atomic E-state index is -5.00. The van der Waals surface area contributed by atoms with Crippen molar-refractivity contribution in [3.8, 4) is 0 Å². The van der Waals surface area contributed by atoms with E-state index in [1.807, 2.05) is 13.8 Å². The third-order valence-corrected chi connectivity index (χ3v) is 6.53. The molecule has 2 aromatic carbocycles. The van der Waals surface area contributed by atoms with Gasteiger partial charge < -0.3 is 10.2 Å². The highest BCUT2D eigenvalue weighted by Gasteiger charge is 2.34. The van der Waals surface area contributed by atoms with Crippen LogP contribution in [0.1, 0.15) is 71.5 Å². The maximum absolute atomic E-state index is 15.0. The molecule has 0 aromatic heterocycles. The van der Waals surface area contributed by atoms with E-state index in [4.69, 9.17) is 0 Å². The molecular formula is C26H27F7N4O3. The number of nitrogens with zero attached hydrogens (tertiary/aromatic N) is 2. The van der Waals surface area contributed by atoms with Gasteiger partial charge in [-0.1, -0.05) is 6.07 Å². The lowest BCUT2D eigenvalue weighted by molar-refractivity contribution is -0.137. The number of urea groups is 1. The second-order valence-electron chi connectivity index (χ2n) is 9.56. The van der Waals surface area contributed by atoms with Crippen molar-refractivity contribution in [1.29, 1.82) is 0 Å². The van der Waals surface area contributed by atoms with Gasteiger partial charge in [0.05, 0.1) is 11.6 Å². The van der Waals surface area contributed by atoms with Crippen LogP contribution in [0, 0.1) is 11.6 Å². The molecule has 2 aromatic rings. The Kier molecular flexibility index (Phi) is 9.31. The van der Waals surface area contributed by atoms with Crippen LogP contribution in [0.25, 0.3) is 0 Å². The van der Waals surface area contributed by atoms with Gasteiger partial charge in [-0.15, -0.1) is 0 Å². The summed E-state index contributed by atoms with van der Waals surface area (Å²) < 4.78 is 93.8. The third-order valence-electron chi connectivity index (χ3n) is 6.53. The summed E-state index contributed by atoms with van der Waals surface area (Å²) in [6.07, 6.45) is -6.56. The van der Waals surface area contributed by atoms with E-state index in [9.17, 15) is 45.1 Å². The fourth-order valence-corrected chi connectivity index (χ4v) is 4.49. The molecule has 0 aliphatic carbocycles. The summed E-state index contributed by atoms with van der Waals surface area (Å²) in [5, 5.41) is 2.30. The van der Waals surface area contributed by atoms with E-state index in [1.54, 1.807) is 10.3 Å². The Morgan fingerprint density at radius 1 is 1.00 bits per heavy atom. The summed E-state index contributed by atoms with van der Waals surface area (Å²) in [7, 11) is 0. The first-order valence-corrected chi connectivity index (χ1v) is 12.3. The molecule has 0 radical (unpaired) electrons. The molecule has 0 saturated carbocycles. The number of carbonyl (C=O) groups is 3. The third kappa shape index (κ3) is 7.21. The van der Waals surface area contributed by atoms with Crippen molar-refractivity contribution >= 4 is 17.8 Å². The lowest BCUT2D eigenvalue weighted by atomic mass is 10.0. The fourth-order valence-electron chi connectivity index (χ4n) is 4.49. The van der Waals surface area contributed by atoms with E-state index in [0.29, 0.717) is 12.1 Å². The number of hydrazine groups is 1. The van der Waals surface area contributed by atoms with Gasteiger partial charge in [0, 0.05) is 28.8 Å². The van der Waals surface area contributed by atoms with Crippen LogP contribution in [0.2, 0.25) is 0 Å². The van der Waals surface area contributed by atoms with Crippen LogP contribution in [0.5, 0.6) is 0 Å². The first kappa shape index (κ1) is 30.7. The number of hydrogen-bond acceptors (Lipinski definition) is 3. The van der Waals surface area contributed by atoms with Crippen LogP contribution in [0.3, 0.4) is 0 Å². The minimum Gasteiger partial charge on any atom is -0.333 e. The van der Waals surface area contributed by atoms with Crippen LogP contribution in [-0.2, 0) is 6.18 Å². The molecule has 1 aliphatic rings. The molecule has 4 amide bonds. The first-order valence-electron chi connectivity index (χ1n) is 12.3. The van der Waals surface area contributed by atoms with E-state index in [2.05, 4.69) is 5.32 Å². The van der Waals surface area contributed by atoms with E-state index in [1.165, 1.54) is 19.1 Å². The monoisotopic (exact) mass is 576 g/mol. The van der Waals surface area contributed by atoms with Crippen molar-refractivity contribution in [2.24, 2.45) is 0 Å². The Balaban J connectivity index is 1.75. The summed E-state index contributed by atoms with van der Waals surface area (Å²) in [6, 6.07) is 1.95. The number of carbonyl (C=O) groups excluding carboxylic acids is 3. The number of hydrogen-bond donors (Lipinski definition) is 2. The van der Waals surface area contributed by atoms with E-state index in [-0.39, 0.29) is 40.2 Å². The van der Waals surface area contributed by atoms with Crippen molar-refractivity contribution in [1.82, 2.24) is 20.7 Å². The summed E-state index contributed by atoms with van der Waals surface area (Å²) in [5.74, 6) is -4.10. The Morgan fingerprint density at radius 2 is 1.62 bits per heavy atom. The molecule has 2 N–H and O–H groups in total. The Morgan fingerprint density at radius 3 is 2.17 bits per heavy atom. The smallest absolute Gasteiger partial charge is 0.333 e. The summed E-state index contributed by atoms with van der Waals surface area (Å²) in [5.41, 5.74) is -0.661. The molecule has 1 aliphatic heterocycles. The zero-order valence-electron chi connectivity index (χ0n) is 21.7. The average molecular weight is 577 g/mol. The van der Waals surface area contributed by atoms with Crippen molar-refractivity contribution in [3.05, 3.63) is 70.3 Å². The van der Waals surface area contributed by atoms with Crippen LogP contribution in [-0.4, -0.2) is 52.8 Å². The highest BCUT2D eigenvalue weighted by molar-refractivity contribution is 5.96. The van der Waals surface area contributed by atoms with Gasteiger partial charge >= 0.3 is 12.2 Å². The number of likely N-dealkylation sites (tertiary alicyclic amines) is 1. The number of nitrogens with one attached hydrogen (secondary N) is 2. The largest absolute Gasteiger partial charge is 0.416 e. The minimum absolute atomic E-state index is 0.0214. The van der Waals surface area contributed by atoms with E-state index >= 15 is 0 Å². The molecule has 1 fully saturated rings. The topological polar surface area (TPSA) is 81.8 Å². The molecule has 3 rings (SSSR count). The van der Waals surface area contributed by atoms with Crippen LogP contribution in [0.15, 0.2) is 36.4 Å². The predicted molar refractivity (Wildman–Crippen MR) is 129 cm³/mol. The molecule has 7 nitrogen and oxygen atoms in total. The highest BCUT2D eigenvalue weighted by Crippen LogP contribution is 2.30. The summed E-state index contributed by atoms with van der Waals surface area (Å²) >= 11 is 0. The van der Waals surface area contributed by atoms with Gasteiger partial charge in [0.15, 0.2) is 0 Å². The standard InChI is InChI=1S/C26H27F7N4O3/c1-13-4-5-14(2)37(13)24(39)16-6-7-20(21(28)10-16)15(3)34-25(40)36(12-22(29)30)35-23(38)17-8-18(26(31,32)33)11-19(27)9-17/h6-11,13-15,22H,4-5,12H2,1-3H3,(H,34,40)(H,35,38)/t13-,14+,15?. The van der Waals surface area contributed by atoms with Gasteiger partial charge in [-0.2, -0.15) is 13.2 Å². The fraction of sp³-hybridized carbons (Fsp3) is 0.423. The van der Waals surface area contributed by atoms with E-state index < -0.39 is 59.9 Å². The molecule has 40 heavy (non-hydrogen) atoms. The lowest BCUT2D eigenvalue weighted by Gasteiger charge is -2.27. The van der Waals surface area contributed by atoms with E-state index in [0.717, 1.165) is 18.9 Å². The molecule has 1 saturated heterocycles. The number of halogens is 7. The molecule has 0 spiro atoms. The second kappa shape index (κ2) is 12.1. The van der Waals surface area contributed by atoms with Crippen LogP contribution >= 0.6 is 0 Å². The van der Waals surface area contributed by atoms with Crippen LogP contribution < -0.4 is 10.7 Å². The molecular weight excluding hydrogens is 549 g/mol. The summed E-state index contributed by atoms with van der Waals surface area (Å²) in [6.45, 7) is 3.70. The summed E-state index contributed by atoms with van der Waals surface area (Å²) in [4.78, 5) is 39.6.